The maximum Gasteiger partial charge on any atom is 0.241 e. The van der Waals surface area contributed by atoms with Crippen molar-refractivity contribution >= 4 is 27.7 Å². The smallest absolute Gasteiger partial charge is 0.241 e. The predicted octanol–water partition coefficient (Wildman–Crippen LogP) is 2.54. The highest BCUT2D eigenvalue weighted by Crippen LogP contribution is 2.18. The largest absolute Gasteiger partial charge is 0.352 e. The van der Waals surface area contributed by atoms with Gasteiger partial charge in [0.05, 0.1) is 4.90 Å². The molecule has 0 radical (unpaired) electrons. The molecule has 1 atom stereocenters. The zero-order valence-electron chi connectivity index (χ0n) is 14.0. The van der Waals surface area contributed by atoms with Gasteiger partial charge in [-0.2, -0.15) is 16.5 Å². The summed E-state index contributed by atoms with van der Waals surface area (Å²) in [4.78, 5) is 12.8. The van der Waals surface area contributed by atoms with Gasteiger partial charge in [-0.25, -0.2) is 8.42 Å². The van der Waals surface area contributed by atoms with E-state index in [1.54, 1.807) is 30.0 Å². The van der Waals surface area contributed by atoms with Crippen LogP contribution in [-0.2, 0) is 14.8 Å². The molecule has 1 aliphatic carbocycles. The van der Waals surface area contributed by atoms with E-state index in [-0.39, 0.29) is 16.8 Å². The second kappa shape index (κ2) is 9.44. The lowest BCUT2D eigenvalue weighted by Crippen LogP contribution is -2.50. The average Bonchev–Trinajstić information content (AvgIpc) is 2.60. The summed E-state index contributed by atoms with van der Waals surface area (Å²) in [5, 5.41) is 3.03. The van der Waals surface area contributed by atoms with E-state index in [2.05, 4.69) is 10.0 Å². The molecule has 0 bridgehead atoms. The van der Waals surface area contributed by atoms with Crippen LogP contribution in [0.4, 0.5) is 0 Å². The fourth-order valence-corrected chi connectivity index (χ4v) is 4.61. The van der Waals surface area contributed by atoms with Crippen LogP contribution in [0.3, 0.4) is 0 Å². The minimum absolute atomic E-state index is 0.171. The van der Waals surface area contributed by atoms with E-state index in [9.17, 15) is 13.2 Å². The first kappa shape index (κ1) is 19.3. The second-order valence-electron chi connectivity index (χ2n) is 6.11. The van der Waals surface area contributed by atoms with Crippen LogP contribution in [-0.4, -0.2) is 38.4 Å². The summed E-state index contributed by atoms with van der Waals surface area (Å²) in [7, 11) is -3.70. The number of carbonyl (C=O) groups excluding carboxylic acids is 1. The third-order valence-electron chi connectivity index (χ3n) is 4.23. The summed E-state index contributed by atoms with van der Waals surface area (Å²) >= 11 is 1.60. The third kappa shape index (κ3) is 5.79. The Morgan fingerprint density at radius 2 is 1.88 bits per heavy atom. The molecule has 0 spiro atoms. The first-order chi connectivity index (χ1) is 11.5. The molecule has 1 aromatic carbocycles. The van der Waals surface area contributed by atoms with Gasteiger partial charge in [-0.1, -0.05) is 37.5 Å². The van der Waals surface area contributed by atoms with Gasteiger partial charge in [0, 0.05) is 6.04 Å². The van der Waals surface area contributed by atoms with Gasteiger partial charge in [-0.3, -0.25) is 4.79 Å². The lowest BCUT2D eigenvalue weighted by molar-refractivity contribution is -0.123. The Morgan fingerprint density at radius 3 is 2.50 bits per heavy atom. The van der Waals surface area contributed by atoms with Crippen molar-refractivity contribution in [2.24, 2.45) is 0 Å². The number of thioether (sulfide) groups is 1. The highest BCUT2D eigenvalue weighted by molar-refractivity contribution is 7.98. The van der Waals surface area contributed by atoms with Gasteiger partial charge in [0.1, 0.15) is 6.04 Å². The van der Waals surface area contributed by atoms with Crippen molar-refractivity contribution in [1.82, 2.24) is 10.0 Å². The van der Waals surface area contributed by atoms with Gasteiger partial charge >= 0.3 is 0 Å². The summed E-state index contributed by atoms with van der Waals surface area (Å²) in [6, 6.07) is 7.62. The lowest BCUT2D eigenvalue weighted by atomic mass is 9.95. The highest BCUT2D eigenvalue weighted by Gasteiger charge is 2.27. The molecule has 1 aromatic rings. The molecule has 0 saturated heterocycles. The molecule has 0 heterocycles. The molecule has 2 rings (SSSR count). The van der Waals surface area contributed by atoms with Crippen LogP contribution in [0.5, 0.6) is 0 Å². The maximum absolute atomic E-state index is 12.6. The number of carbonyl (C=O) groups is 1. The van der Waals surface area contributed by atoms with Crippen LogP contribution < -0.4 is 10.0 Å². The van der Waals surface area contributed by atoms with E-state index in [0.717, 1.165) is 31.4 Å². The van der Waals surface area contributed by atoms with E-state index in [1.807, 2.05) is 6.26 Å². The van der Waals surface area contributed by atoms with E-state index in [1.165, 1.54) is 18.6 Å². The molecule has 5 nitrogen and oxygen atoms in total. The number of hydrogen-bond acceptors (Lipinski definition) is 4. The Balaban J connectivity index is 2.05. The van der Waals surface area contributed by atoms with Crippen molar-refractivity contribution in [3.05, 3.63) is 30.3 Å². The zero-order valence-corrected chi connectivity index (χ0v) is 15.7. The molecule has 1 unspecified atom stereocenters. The van der Waals surface area contributed by atoms with Crippen molar-refractivity contribution in [3.8, 4) is 0 Å². The normalized spacial score (nSPS) is 17.4. The number of nitrogens with one attached hydrogen (secondary N) is 2. The summed E-state index contributed by atoms with van der Waals surface area (Å²) in [6.07, 6.45) is 7.83. The Labute approximate surface area is 149 Å². The minimum Gasteiger partial charge on any atom is -0.352 e. The molecule has 134 valence electrons. The number of sulfonamides is 1. The van der Waals surface area contributed by atoms with Crippen molar-refractivity contribution in [2.45, 2.75) is 55.5 Å². The number of amides is 1. The average molecular weight is 371 g/mol. The lowest BCUT2D eigenvalue weighted by Gasteiger charge is -2.26. The van der Waals surface area contributed by atoms with Crippen LogP contribution in [0.1, 0.15) is 38.5 Å². The topological polar surface area (TPSA) is 75.3 Å². The van der Waals surface area contributed by atoms with E-state index in [0.29, 0.717) is 6.42 Å². The van der Waals surface area contributed by atoms with Gasteiger partial charge in [0.25, 0.3) is 0 Å². The molecule has 1 aliphatic rings. The molecule has 24 heavy (non-hydrogen) atoms. The van der Waals surface area contributed by atoms with E-state index < -0.39 is 16.1 Å². The molecule has 1 saturated carbocycles. The highest BCUT2D eigenvalue weighted by atomic mass is 32.2. The fourth-order valence-electron chi connectivity index (χ4n) is 2.88. The standard InChI is InChI=1S/C17H26N2O3S2/c1-23-13-12-16(17(20)18-14-8-4-2-5-9-14)19-24(21,22)15-10-6-3-7-11-15/h3,6-7,10-11,14,16,19H,2,4-5,8-9,12-13H2,1H3,(H,18,20). The Kier molecular flexibility index (Phi) is 7.58. The summed E-state index contributed by atoms with van der Waals surface area (Å²) in [5.74, 6) is 0.510. The predicted molar refractivity (Wildman–Crippen MR) is 98.6 cm³/mol. The van der Waals surface area contributed by atoms with Crippen LogP contribution in [0.25, 0.3) is 0 Å². The van der Waals surface area contributed by atoms with Crippen LogP contribution in [0, 0.1) is 0 Å². The quantitative estimate of drug-likeness (QED) is 0.737. The van der Waals surface area contributed by atoms with Gasteiger partial charge in [-0.05, 0) is 43.4 Å². The first-order valence-corrected chi connectivity index (χ1v) is 11.3. The van der Waals surface area contributed by atoms with Crippen molar-refractivity contribution in [1.29, 1.82) is 0 Å². The fraction of sp³-hybridized carbons (Fsp3) is 0.588. The van der Waals surface area contributed by atoms with Crippen LogP contribution >= 0.6 is 11.8 Å². The monoisotopic (exact) mass is 370 g/mol. The first-order valence-electron chi connectivity index (χ1n) is 8.39. The Hall–Kier alpha value is -1.05. The molecule has 7 heteroatoms. The molecule has 2 N–H and O–H groups in total. The van der Waals surface area contributed by atoms with Crippen LogP contribution in [0.2, 0.25) is 0 Å². The van der Waals surface area contributed by atoms with Gasteiger partial charge in [-0.15, -0.1) is 0 Å². The van der Waals surface area contributed by atoms with E-state index in [4.69, 9.17) is 0 Å². The zero-order chi connectivity index (χ0) is 17.4. The molecule has 1 amide bonds. The SMILES string of the molecule is CSCCC(NS(=O)(=O)c1ccccc1)C(=O)NC1CCCCC1. The van der Waals surface area contributed by atoms with E-state index >= 15 is 0 Å². The minimum atomic E-state index is -3.70. The summed E-state index contributed by atoms with van der Waals surface area (Å²) in [5.41, 5.74) is 0. The maximum atomic E-state index is 12.6. The van der Waals surface area contributed by atoms with Gasteiger partial charge < -0.3 is 5.32 Å². The molecule has 0 aromatic heterocycles. The van der Waals surface area contributed by atoms with Gasteiger partial charge in [0.15, 0.2) is 0 Å². The molecular formula is C17H26N2O3S2. The van der Waals surface area contributed by atoms with Crippen molar-refractivity contribution in [3.63, 3.8) is 0 Å². The third-order valence-corrected chi connectivity index (χ3v) is 6.36. The number of benzene rings is 1. The second-order valence-corrected chi connectivity index (χ2v) is 8.81. The van der Waals surface area contributed by atoms with Crippen molar-refractivity contribution in [2.75, 3.05) is 12.0 Å². The number of rotatable bonds is 8. The van der Waals surface area contributed by atoms with Crippen molar-refractivity contribution < 1.29 is 13.2 Å². The molecule has 0 aliphatic heterocycles. The summed E-state index contributed by atoms with van der Waals surface area (Å²) < 4.78 is 27.6. The Morgan fingerprint density at radius 1 is 1.21 bits per heavy atom. The van der Waals surface area contributed by atoms with Crippen LogP contribution in [0.15, 0.2) is 35.2 Å². The Bertz CT molecular complexity index is 614. The number of hydrogen-bond donors (Lipinski definition) is 2. The van der Waals surface area contributed by atoms with Gasteiger partial charge in [0.2, 0.25) is 15.9 Å². The summed E-state index contributed by atoms with van der Waals surface area (Å²) in [6.45, 7) is 0. The molecule has 1 fully saturated rings. The molecular weight excluding hydrogens is 344 g/mol.